The summed E-state index contributed by atoms with van der Waals surface area (Å²) in [5.41, 5.74) is 0.555. The van der Waals surface area contributed by atoms with Crippen LogP contribution in [0.5, 0.6) is 11.5 Å². The molecule has 0 radical (unpaired) electrons. The number of anilines is 1. The number of amides is 1. The Bertz CT molecular complexity index is 940. The van der Waals surface area contributed by atoms with Gasteiger partial charge in [0.1, 0.15) is 17.3 Å². The van der Waals surface area contributed by atoms with Crippen LogP contribution >= 0.6 is 0 Å². The molecule has 2 rings (SSSR count). The van der Waals surface area contributed by atoms with E-state index >= 15 is 0 Å². The van der Waals surface area contributed by atoms with E-state index in [-0.39, 0.29) is 24.3 Å². The molecule has 2 aromatic carbocycles. The predicted molar refractivity (Wildman–Crippen MR) is 108 cm³/mol. The van der Waals surface area contributed by atoms with E-state index < -0.39 is 27.5 Å². The molecule has 0 saturated carbocycles. The Kier molecular flexibility index (Phi) is 8.02. The largest absolute Gasteiger partial charge is 0.494 e. The Morgan fingerprint density at radius 1 is 1.03 bits per heavy atom. The SMILES string of the molecule is CCOc1ccccc1NC(=O)CS(=O)(=O)CCCOc1ccc(C(=O)O)cc1. The van der Waals surface area contributed by atoms with Crippen LogP contribution < -0.4 is 14.8 Å². The minimum Gasteiger partial charge on any atom is -0.494 e. The molecule has 29 heavy (non-hydrogen) atoms. The van der Waals surface area contributed by atoms with Crippen LogP contribution in [-0.4, -0.2) is 50.1 Å². The zero-order valence-electron chi connectivity index (χ0n) is 16.0. The number of rotatable bonds is 11. The molecule has 0 aliphatic rings. The van der Waals surface area contributed by atoms with Crippen molar-refractivity contribution in [1.29, 1.82) is 0 Å². The van der Waals surface area contributed by atoms with Crippen LogP contribution in [0.25, 0.3) is 0 Å². The van der Waals surface area contributed by atoms with Crippen LogP contribution in [0.4, 0.5) is 5.69 Å². The van der Waals surface area contributed by atoms with Gasteiger partial charge in [-0.3, -0.25) is 4.79 Å². The molecule has 0 unspecified atom stereocenters. The van der Waals surface area contributed by atoms with E-state index in [4.69, 9.17) is 14.6 Å². The second-order valence-electron chi connectivity index (χ2n) is 6.10. The van der Waals surface area contributed by atoms with Gasteiger partial charge in [0.05, 0.1) is 30.2 Å². The third kappa shape index (κ3) is 7.46. The average molecular weight is 421 g/mol. The molecular weight excluding hydrogens is 398 g/mol. The number of sulfone groups is 1. The Balaban J connectivity index is 1.79. The number of carboxylic acids is 1. The van der Waals surface area contributed by atoms with Crippen molar-refractivity contribution in [3.8, 4) is 11.5 Å². The number of aromatic carboxylic acids is 1. The third-order valence-corrected chi connectivity index (χ3v) is 5.39. The standard InChI is InChI=1S/C20H23NO7S/c1-2-27-18-7-4-3-6-17(18)21-19(22)14-29(25,26)13-5-12-28-16-10-8-15(9-11-16)20(23)24/h3-4,6-11H,2,5,12-14H2,1H3,(H,21,22)(H,23,24). The first-order chi connectivity index (χ1) is 13.8. The monoisotopic (exact) mass is 421 g/mol. The number of hydrogen-bond donors (Lipinski definition) is 2. The van der Waals surface area contributed by atoms with Gasteiger partial charge in [0.25, 0.3) is 0 Å². The lowest BCUT2D eigenvalue weighted by atomic mass is 10.2. The summed E-state index contributed by atoms with van der Waals surface area (Å²) < 4.78 is 35.1. The summed E-state index contributed by atoms with van der Waals surface area (Å²) in [7, 11) is -3.61. The summed E-state index contributed by atoms with van der Waals surface area (Å²) in [6, 6.07) is 12.6. The van der Waals surface area contributed by atoms with E-state index in [1.54, 1.807) is 24.3 Å². The quantitative estimate of drug-likeness (QED) is 0.535. The number of carboxylic acid groups (broad SMARTS) is 1. The number of benzene rings is 2. The highest BCUT2D eigenvalue weighted by molar-refractivity contribution is 7.92. The number of ether oxygens (including phenoxy) is 2. The van der Waals surface area contributed by atoms with Gasteiger partial charge in [0.2, 0.25) is 5.91 Å². The highest BCUT2D eigenvalue weighted by Crippen LogP contribution is 2.23. The maximum atomic E-state index is 12.2. The maximum absolute atomic E-state index is 12.2. The number of hydrogen-bond acceptors (Lipinski definition) is 6. The molecule has 0 spiro atoms. The summed E-state index contributed by atoms with van der Waals surface area (Å²) in [5, 5.41) is 11.4. The second kappa shape index (κ2) is 10.5. The highest BCUT2D eigenvalue weighted by Gasteiger charge is 2.18. The van der Waals surface area contributed by atoms with Crippen LogP contribution in [0.1, 0.15) is 23.7 Å². The van der Waals surface area contributed by atoms with Crippen LogP contribution in [-0.2, 0) is 14.6 Å². The number of para-hydroxylation sites is 2. The van der Waals surface area contributed by atoms with Crippen molar-refractivity contribution in [3.63, 3.8) is 0 Å². The summed E-state index contributed by atoms with van der Waals surface area (Å²) in [6.45, 7) is 2.36. The number of carbonyl (C=O) groups is 2. The van der Waals surface area contributed by atoms with Crippen molar-refractivity contribution < 1.29 is 32.6 Å². The summed E-state index contributed by atoms with van der Waals surface area (Å²) in [6.07, 6.45) is 0.200. The fraction of sp³-hybridized carbons (Fsp3) is 0.300. The van der Waals surface area contributed by atoms with E-state index in [1.807, 2.05) is 6.92 Å². The molecule has 0 bridgehead atoms. The van der Waals surface area contributed by atoms with Gasteiger partial charge in [-0.15, -0.1) is 0 Å². The van der Waals surface area contributed by atoms with E-state index in [1.165, 1.54) is 24.3 Å². The Morgan fingerprint density at radius 2 is 1.72 bits per heavy atom. The van der Waals surface area contributed by atoms with Crippen molar-refractivity contribution in [3.05, 3.63) is 54.1 Å². The molecule has 0 saturated heterocycles. The van der Waals surface area contributed by atoms with E-state index in [9.17, 15) is 18.0 Å². The molecule has 0 atom stereocenters. The first-order valence-corrected chi connectivity index (χ1v) is 10.8. The van der Waals surface area contributed by atoms with Crippen molar-refractivity contribution in [2.45, 2.75) is 13.3 Å². The first-order valence-electron chi connectivity index (χ1n) is 8.99. The molecular formula is C20H23NO7S. The smallest absolute Gasteiger partial charge is 0.335 e. The van der Waals surface area contributed by atoms with Crippen molar-refractivity contribution >= 4 is 27.4 Å². The molecule has 2 N–H and O–H groups in total. The Morgan fingerprint density at radius 3 is 2.38 bits per heavy atom. The Labute approximate surface area is 169 Å². The Hall–Kier alpha value is -3.07. The molecule has 0 aliphatic carbocycles. The van der Waals surface area contributed by atoms with Gasteiger partial charge in [0, 0.05) is 0 Å². The van der Waals surface area contributed by atoms with E-state index in [0.29, 0.717) is 23.8 Å². The highest BCUT2D eigenvalue weighted by atomic mass is 32.2. The van der Waals surface area contributed by atoms with Gasteiger partial charge in [0.15, 0.2) is 9.84 Å². The van der Waals surface area contributed by atoms with E-state index in [2.05, 4.69) is 5.32 Å². The molecule has 0 aromatic heterocycles. The molecule has 1 amide bonds. The molecule has 2 aromatic rings. The lowest BCUT2D eigenvalue weighted by Crippen LogP contribution is -2.25. The molecule has 9 heteroatoms. The van der Waals surface area contributed by atoms with Crippen LogP contribution in [0.3, 0.4) is 0 Å². The zero-order valence-corrected chi connectivity index (χ0v) is 16.8. The summed E-state index contributed by atoms with van der Waals surface area (Å²) in [5.74, 6) is -1.60. The summed E-state index contributed by atoms with van der Waals surface area (Å²) in [4.78, 5) is 22.9. The van der Waals surface area contributed by atoms with Gasteiger partial charge in [-0.1, -0.05) is 12.1 Å². The molecule has 0 aliphatic heterocycles. The first kappa shape index (κ1) is 22.2. The van der Waals surface area contributed by atoms with Gasteiger partial charge in [-0.25, -0.2) is 13.2 Å². The lowest BCUT2D eigenvalue weighted by Gasteiger charge is -2.11. The lowest BCUT2D eigenvalue weighted by molar-refractivity contribution is -0.113. The average Bonchev–Trinajstić information content (AvgIpc) is 2.67. The fourth-order valence-corrected chi connectivity index (χ4v) is 3.65. The predicted octanol–water partition coefficient (Wildman–Crippen LogP) is 2.61. The minimum atomic E-state index is -3.61. The topological polar surface area (TPSA) is 119 Å². The van der Waals surface area contributed by atoms with Gasteiger partial charge in [-0.2, -0.15) is 0 Å². The van der Waals surface area contributed by atoms with Crippen molar-refractivity contribution in [2.75, 3.05) is 30.0 Å². The third-order valence-electron chi connectivity index (χ3n) is 3.78. The molecule has 0 heterocycles. The molecule has 8 nitrogen and oxygen atoms in total. The summed E-state index contributed by atoms with van der Waals surface area (Å²) >= 11 is 0. The molecule has 156 valence electrons. The second-order valence-corrected chi connectivity index (χ2v) is 8.28. The van der Waals surface area contributed by atoms with Crippen LogP contribution in [0.2, 0.25) is 0 Å². The zero-order chi connectivity index (χ0) is 21.3. The van der Waals surface area contributed by atoms with Gasteiger partial charge >= 0.3 is 5.97 Å². The van der Waals surface area contributed by atoms with Gasteiger partial charge < -0.3 is 19.9 Å². The minimum absolute atomic E-state index is 0.125. The fourth-order valence-electron chi connectivity index (χ4n) is 2.47. The van der Waals surface area contributed by atoms with Crippen LogP contribution in [0, 0.1) is 0 Å². The van der Waals surface area contributed by atoms with Crippen molar-refractivity contribution in [2.24, 2.45) is 0 Å². The number of nitrogens with one attached hydrogen (secondary N) is 1. The molecule has 0 fully saturated rings. The van der Waals surface area contributed by atoms with Crippen LogP contribution in [0.15, 0.2) is 48.5 Å². The van der Waals surface area contributed by atoms with E-state index in [0.717, 1.165) is 0 Å². The van der Waals surface area contributed by atoms with Crippen molar-refractivity contribution in [1.82, 2.24) is 0 Å². The maximum Gasteiger partial charge on any atom is 0.335 e. The normalized spacial score (nSPS) is 10.9. The van der Waals surface area contributed by atoms with Gasteiger partial charge in [-0.05, 0) is 49.7 Å². The number of carbonyl (C=O) groups excluding carboxylic acids is 1.